The minimum absolute atomic E-state index is 0.0631. The zero-order valence-electron chi connectivity index (χ0n) is 13.3. The molecule has 2 N–H and O–H groups in total. The van der Waals surface area contributed by atoms with Crippen molar-refractivity contribution in [2.45, 2.75) is 24.9 Å². The molecule has 0 saturated carbocycles. The van der Waals surface area contributed by atoms with E-state index in [4.69, 9.17) is 0 Å². The summed E-state index contributed by atoms with van der Waals surface area (Å²) >= 11 is 4.73. The molecule has 2 heterocycles. The van der Waals surface area contributed by atoms with Crippen molar-refractivity contribution in [3.63, 3.8) is 0 Å². The van der Waals surface area contributed by atoms with Crippen LogP contribution >= 0.6 is 27.7 Å². The summed E-state index contributed by atoms with van der Waals surface area (Å²) in [6.07, 6.45) is 1.70. The number of thioether (sulfide) groups is 1. The van der Waals surface area contributed by atoms with Crippen molar-refractivity contribution in [1.29, 1.82) is 0 Å². The highest BCUT2D eigenvalue weighted by Gasteiger charge is 2.09. The predicted molar refractivity (Wildman–Crippen MR) is 101 cm³/mol. The Kier molecular flexibility index (Phi) is 5.20. The van der Waals surface area contributed by atoms with Crippen molar-refractivity contribution in [2.75, 3.05) is 11.1 Å². The number of carbonyl (C=O) groups is 1. The number of H-pyrrole nitrogens is 1. The van der Waals surface area contributed by atoms with Crippen LogP contribution in [0.1, 0.15) is 25.3 Å². The quantitative estimate of drug-likeness (QED) is 0.610. The van der Waals surface area contributed by atoms with Crippen LogP contribution in [0.25, 0.3) is 11.2 Å². The second-order valence-electron chi connectivity index (χ2n) is 5.68. The number of aromatic amines is 1. The molecule has 124 valence electrons. The van der Waals surface area contributed by atoms with Gasteiger partial charge in [-0.1, -0.05) is 37.7 Å². The van der Waals surface area contributed by atoms with Crippen LogP contribution in [0.5, 0.6) is 0 Å². The second-order valence-corrected chi connectivity index (χ2v) is 7.56. The maximum Gasteiger partial charge on any atom is 0.234 e. The number of hydrogen-bond donors (Lipinski definition) is 2. The SMILES string of the molecule is CC(C)c1ccc(NC(=O)CSc2nc3ncc(Br)cc3[nH]2)cc1. The Morgan fingerprint density at radius 1 is 1.33 bits per heavy atom. The van der Waals surface area contributed by atoms with E-state index < -0.39 is 0 Å². The summed E-state index contributed by atoms with van der Waals surface area (Å²) in [6.45, 7) is 4.29. The molecule has 0 aliphatic heterocycles. The molecule has 7 heteroatoms. The van der Waals surface area contributed by atoms with Crippen LogP contribution in [0.15, 0.2) is 46.2 Å². The van der Waals surface area contributed by atoms with E-state index in [0.717, 1.165) is 15.7 Å². The van der Waals surface area contributed by atoms with Gasteiger partial charge >= 0.3 is 0 Å². The fourth-order valence-electron chi connectivity index (χ4n) is 2.20. The number of nitrogens with zero attached hydrogens (tertiary/aromatic N) is 2. The van der Waals surface area contributed by atoms with E-state index in [1.165, 1.54) is 17.3 Å². The van der Waals surface area contributed by atoms with Crippen molar-refractivity contribution in [2.24, 2.45) is 0 Å². The van der Waals surface area contributed by atoms with Gasteiger partial charge < -0.3 is 10.3 Å². The van der Waals surface area contributed by atoms with E-state index in [1.807, 2.05) is 30.3 Å². The number of aromatic nitrogens is 3. The van der Waals surface area contributed by atoms with Gasteiger partial charge in [-0.25, -0.2) is 9.97 Å². The highest BCUT2D eigenvalue weighted by atomic mass is 79.9. The molecule has 0 spiro atoms. The largest absolute Gasteiger partial charge is 0.331 e. The Hall–Kier alpha value is -1.86. The van der Waals surface area contributed by atoms with Gasteiger partial charge in [-0.2, -0.15) is 0 Å². The zero-order valence-corrected chi connectivity index (χ0v) is 15.7. The Morgan fingerprint density at radius 3 is 2.79 bits per heavy atom. The van der Waals surface area contributed by atoms with Crippen molar-refractivity contribution >= 4 is 50.5 Å². The van der Waals surface area contributed by atoms with Crippen molar-refractivity contribution in [3.05, 3.63) is 46.6 Å². The number of imidazole rings is 1. The third kappa shape index (κ3) is 4.15. The minimum Gasteiger partial charge on any atom is -0.331 e. The predicted octanol–water partition coefficient (Wildman–Crippen LogP) is 4.57. The highest BCUT2D eigenvalue weighted by Crippen LogP contribution is 2.21. The molecule has 0 atom stereocenters. The maximum atomic E-state index is 12.1. The summed E-state index contributed by atoms with van der Waals surface area (Å²) < 4.78 is 0.887. The molecule has 1 aromatic carbocycles. The Bertz CT molecular complexity index is 861. The summed E-state index contributed by atoms with van der Waals surface area (Å²) in [5.74, 6) is 0.700. The van der Waals surface area contributed by atoms with Gasteiger partial charge in [-0.05, 0) is 45.6 Å². The highest BCUT2D eigenvalue weighted by molar-refractivity contribution is 9.10. The van der Waals surface area contributed by atoms with E-state index in [-0.39, 0.29) is 11.7 Å². The lowest BCUT2D eigenvalue weighted by molar-refractivity contribution is -0.113. The molecular weight excluding hydrogens is 388 g/mol. The summed E-state index contributed by atoms with van der Waals surface area (Å²) in [5.41, 5.74) is 3.55. The van der Waals surface area contributed by atoms with Crippen LogP contribution in [0, 0.1) is 0 Å². The van der Waals surface area contributed by atoms with Crippen molar-refractivity contribution < 1.29 is 4.79 Å². The van der Waals surface area contributed by atoms with Crippen LogP contribution in [0.4, 0.5) is 5.69 Å². The molecule has 0 fully saturated rings. The lowest BCUT2D eigenvalue weighted by Gasteiger charge is -2.08. The van der Waals surface area contributed by atoms with Crippen LogP contribution < -0.4 is 5.32 Å². The van der Waals surface area contributed by atoms with Gasteiger partial charge in [0.15, 0.2) is 10.8 Å². The molecule has 0 aliphatic carbocycles. The molecule has 3 rings (SSSR count). The van der Waals surface area contributed by atoms with Crippen LogP contribution in [-0.4, -0.2) is 26.6 Å². The van der Waals surface area contributed by atoms with E-state index in [9.17, 15) is 4.79 Å². The number of rotatable bonds is 5. The normalized spacial score (nSPS) is 11.2. The molecule has 24 heavy (non-hydrogen) atoms. The van der Waals surface area contributed by atoms with E-state index in [2.05, 4.69) is 50.0 Å². The Labute approximate surface area is 152 Å². The van der Waals surface area contributed by atoms with E-state index >= 15 is 0 Å². The number of benzene rings is 1. The van der Waals surface area contributed by atoms with Gasteiger partial charge in [0.1, 0.15) is 0 Å². The third-order valence-electron chi connectivity index (χ3n) is 3.48. The molecule has 5 nitrogen and oxygen atoms in total. The standard InChI is InChI=1S/C17H17BrN4OS/c1-10(2)11-3-5-13(6-4-11)20-15(23)9-24-17-21-14-7-12(18)8-19-16(14)22-17/h3-8,10H,9H2,1-2H3,(H,20,23)(H,19,21,22). The Balaban J connectivity index is 1.58. The molecule has 0 saturated heterocycles. The monoisotopic (exact) mass is 404 g/mol. The summed E-state index contributed by atoms with van der Waals surface area (Å²) in [6, 6.07) is 9.85. The van der Waals surface area contributed by atoms with Gasteiger partial charge in [-0.15, -0.1) is 0 Å². The first-order chi connectivity index (χ1) is 11.5. The first kappa shape index (κ1) is 17.0. The number of fused-ring (bicyclic) bond motifs is 1. The number of pyridine rings is 1. The van der Waals surface area contributed by atoms with Crippen LogP contribution in [0.2, 0.25) is 0 Å². The van der Waals surface area contributed by atoms with Gasteiger partial charge in [0.2, 0.25) is 5.91 Å². The fraction of sp³-hybridized carbons (Fsp3) is 0.235. The number of amides is 1. The number of hydrogen-bond acceptors (Lipinski definition) is 4. The van der Waals surface area contributed by atoms with Crippen LogP contribution in [0.3, 0.4) is 0 Å². The number of anilines is 1. The molecule has 0 aliphatic rings. The van der Waals surface area contributed by atoms with Crippen LogP contribution in [-0.2, 0) is 4.79 Å². The van der Waals surface area contributed by atoms with E-state index in [0.29, 0.717) is 16.7 Å². The Morgan fingerprint density at radius 2 is 2.08 bits per heavy atom. The summed E-state index contributed by atoms with van der Waals surface area (Å²) in [4.78, 5) is 23.8. The third-order valence-corrected chi connectivity index (χ3v) is 4.79. The lowest BCUT2D eigenvalue weighted by atomic mass is 10.0. The van der Waals surface area contributed by atoms with Gasteiger partial charge in [0.05, 0.1) is 11.3 Å². The van der Waals surface area contributed by atoms with Crippen molar-refractivity contribution in [3.8, 4) is 0 Å². The fourth-order valence-corrected chi connectivity index (χ4v) is 3.21. The number of nitrogens with one attached hydrogen (secondary N) is 2. The molecule has 0 radical (unpaired) electrons. The zero-order chi connectivity index (χ0) is 17.1. The smallest absolute Gasteiger partial charge is 0.234 e. The topological polar surface area (TPSA) is 70.7 Å². The minimum atomic E-state index is -0.0631. The lowest BCUT2D eigenvalue weighted by Crippen LogP contribution is -2.14. The van der Waals surface area contributed by atoms with Crippen molar-refractivity contribution in [1.82, 2.24) is 15.0 Å². The summed E-state index contributed by atoms with van der Waals surface area (Å²) in [5, 5.41) is 3.58. The molecule has 0 unspecified atom stereocenters. The van der Waals surface area contributed by atoms with Gasteiger partial charge in [0, 0.05) is 16.4 Å². The number of halogens is 1. The van der Waals surface area contributed by atoms with Gasteiger partial charge in [0.25, 0.3) is 0 Å². The average Bonchev–Trinajstić information content (AvgIpc) is 2.95. The average molecular weight is 405 g/mol. The van der Waals surface area contributed by atoms with E-state index in [1.54, 1.807) is 6.20 Å². The van der Waals surface area contributed by atoms with Gasteiger partial charge in [-0.3, -0.25) is 4.79 Å². The summed E-state index contributed by atoms with van der Waals surface area (Å²) in [7, 11) is 0. The first-order valence-corrected chi connectivity index (χ1v) is 9.33. The first-order valence-electron chi connectivity index (χ1n) is 7.55. The molecule has 1 amide bonds. The molecule has 2 aromatic heterocycles. The maximum absolute atomic E-state index is 12.1. The molecule has 3 aromatic rings. The second kappa shape index (κ2) is 7.36. The molecular formula is C17H17BrN4OS. The molecule has 0 bridgehead atoms. The number of carbonyl (C=O) groups excluding carboxylic acids is 1.